The lowest BCUT2D eigenvalue weighted by atomic mass is 10.1. The van der Waals surface area contributed by atoms with Gasteiger partial charge in [0.1, 0.15) is 23.5 Å². The molecule has 2 unspecified atom stereocenters. The number of anilines is 1. The van der Waals surface area contributed by atoms with Crippen molar-refractivity contribution in [1.29, 1.82) is 0 Å². The second-order valence-corrected chi connectivity index (χ2v) is 7.44. The summed E-state index contributed by atoms with van der Waals surface area (Å²) in [4.78, 5) is 15.2. The van der Waals surface area contributed by atoms with Gasteiger partial charge < -0.3 is 9.64 Å². The Kier molecular flexibility index (Phi) is 5.40. The van der Waals surface area contributed by atoms with Crippen LogP contribution in [0.25, 0.3) is 17.0 Å². The molecule has 0 aromatic carbocycles. The molecule has 2 atom stereocenters. The fourth-order valence-corrected chi connectivity index (χ4v) is 4.05. The van der Waals surface area contributed by atoms with Gasteiger partial charge >= 0.3 is 0 Å². The zero-order chi connectivity index (χ0) is 19.7. The second-order valence-electron chi connectivity index (χ2n) is 6.53. The minimum absolute atomic E-state index is 0.119. The van der Waals surface area contributed by atoms with Gasteiger partial charge in [0.05, 0.1) is 30.6 Å². The van der Waals surface area contributed by atoms with Gasteiger partial charge in [-0.3, -0.25) is 0 Å². The van der Waals surface area contributed by atoms with Gasteiger partial charge in [-0.15, -0.1) is 0 Å². The fourth-order valence-electron chi connectivity index (χ4n) is 3.34. The highest BCUT2D eigenvalue weighted by Crippen LogP contribution is 2.26. The van der Waals surface area contributed by atoms with Crippen LogP contribution in [0.15, 0.2) is 30.7 Å². The van der Waals surface area contributed by atoms with Crippen LogP contribution in [0.5, 0.6) is 0 Å². The standard InChI is InChI=1S/C18H20F2N6OS/c1-11-15(9-28-2)27-6-5-25(11)17-7-13(22-10-23-17)14-8-21-16-4-3-12(18(19)20)24-26(14)16/h3-4,7-8,10-11,15,18H,5-6,9H2,1-2H3. The molecule has 1 aliphatic heterocycles. The molecule has 4 heterocycles. The number of imidazole rings is 1. The van der Waals surface area contributed by atoms with Gasteiger partial charge in [-0.1, -0.05) is 0 Å². The van der Waals surface area contributed by atoms with E-state index in [-0.39, 0.29) is 17.8 Å². The molecule has 28 heavy (non-hydrogen) atoms. The lowest BCUT2D eigenvalue weighted by Crippen LogP contribution is -2.51. The fraction of sp³-hybridized carbons (Fsp3) is 0.444. The van der Waals surface area contributed by atoms with E-state index < -0.39 is 6.43 Å². The minimum atomic E-state index is -2.65. The Hall–Kier alpha value is -2.33. The van der Waals surface area contributed by atoms with Crippen LogP contribution in [0.4, 0.5) is 14.6 Å². The Labute approximate surface area is 165 Å². The molecule has 0 aliphatic carbocycles. The third kappa shape index (κ3) is 3.53. The second kappa shape index (κ2) is 7.96. The molecule has 0 saturated carbocycles. The molecular formula is C18H20F2N6OS. The topological polar surface area (TPSA) is 68.4 Å². The summed E-state index contributed by atoms with van der Waals surface area (Å²) in [6.45, 7) is 3.47. The number of rotatable bonds is 5. The third-order valence-corrected chi connectivity index (χ3v) is 5.50. The minimum Gasteiger partial charge on any atom is -0.373 e. The van der Waals surface area contributed by atoms with E-state index in [0.29, 0.717) is 23.6 Å². The number of hydrogen-bond acceptors (Lipinski definition) is 7. The Bertz CT molecular complexity index is 966. The van der Waals surface area contributed by atoms with E-state index in [9.17, 15) is 8.78 Å². The van der Waals surface area contributed by atoms with Crippen LogP contribution >= 0.6 is 11.8 Å². The Morgan fingerprint density at radius 1 is 1.29 bits per heavy atom. The molecule has 0 spiro atoms. The largest absolute Gasteiger partial charge is 0.373 e. The predicted molar refractivity (Wildman–Crippen MR) is 104 cm³/mol. The Morgan fingerprint density at radius 2 is 2.14 bits per heavy atom. The van der Waals surface area contributed by atoms with E-state index in [1.54, 1.807) is 18.0 Å². The first kappa shape index (κ1) is 19.0. The van der Waals surface area contributed by atoms with Crippen LogP contribution < -0.4 is 4.90 Å². The lowest BCUT2D eigenvalue weighted by Gasteiger charge is -2.40. The van der Waals surface area contributed by atoms with Crippen molar-refractivity contribution in [3.8, 4) is 11.4 Å². The molecule has 0 amide bonds. The van der Waals surface area contributed by atoms with Crippen molar-refractivity contribution < 1.29 is 13.5 Å². The van der Waals surface area contributed by atoms with E-state index in [0.717, 1.165) is 18.1 Å². The van der Waals surface area contributed by atoms with E-state index in [1.807, 2.05) is 6.07 Å². The van der Waals surface area contributed by atoms with E-state index >= 15 is 0 Å². The zero-order valence-electron chi connectivity index (χ0n) is 15.5. The van der Waals surface area contributed by atoms with Crippen molar-refractivity contribution >= 4 is 23.2 Å². The number of fused-ring (bicyclic) bond motifs is 1. The van der Waals surface area contributed by atoms with Gasteiger partial charge in [-0.25, -0.2) is 28.2 Å². The van der Waals surface area contributed by atoms with Crippen molar-refractivity contribution in [1.82, 2.24) is 24.6 Å². The van der Waals surface area contributed by atoms with Gasteiger partial charge in [0.25, 0.3) is 6.43 Å². The van der Waals surface area contributed by atoms with E-state index in [4.69, 9.17) is 4.74 Å². The molecule has 1 saturated heterocycles. The first-order valence-electron chi connectivity index (χ1n) is 8.91. The molecule has 4 rings (SSSR count). The maximum Gasteiger partial charge on any atom is 0.282 e. The van der Waals surface area contributed by atoms with Gasteiger partial charge in [-0.2, -0.15) is 16.9 Å². The van der Waals surface area contributed by atoms with Crippen LogP contribution in [0.1, 0.15) is 19.0 Å². The number of nitrogens with zero attached hydrogens (tertiary/aromatic N) is 6. The molecule has 3 aromatic heterocycles. The monoisotopic (exact) mass is 406 g/mol. The van der Waals surface area contributed by atoms with Gasteiger partial charge in [0.2, 0.25) is 0 Å². The molecule has 0 N–H and O–H groups in total. The molecule has 10 heteroatoms. The normalized spacial score (nSPS) is 20.2. The van der Waals surface area contributed by atoms with E-state index in [2.05, 4.69) is 38.1 Å². The average molecular weight is 406 g/mol. The molecule has 7 nitrogen and oxygen atoms in total. The van der Waals surface area contributed by atoms with Gasteiger partial charge in [-0.05, 0) is 25.3 Å². The summed E-state index contributed by atoms with van der Waals surface area (Å²) in [5, 5.41) is 4.01. The predicted octanol–water partition coefficient (Wildman–Crippen LogP) is 3.08. The number of aromatic nitrogens is 5. The maximum atomic E-state index is 13.0. The van der Waals surface area contributed by atoms with Crippen LogP contribution in [-0.4, -0.2) is 61.9 Å². The third-order valence-electron chi connectivity index (χ3n) is 4.84. The summed E-state index contributed by atoms with van der Waals surface area (Å²) in [5.41, 5.74) is 1.31. The zero-order valence-corrected chi connectivity index (χ0v) is 16.3. The summed E-state index contributed by atoms with van der Waals surface area (Å²) >= 11 is 1.75. The van der Waals surface area contributed by atoms with Crippen molar-refractivity contribution in [2.45, 2.75) is 25.5 Å². The van der Waals surface area contributed by atoms with Crippen LogP contribution in [0.2, 0.25) is 0 Å². The van der Waals surface area contributed by atoms with Crippen molar-refractivity contribution in [2.75, 3.05) is 30.1 Å². The number of morpholine rings is 1. The Morgan fingerprint density at radius 3 is 2.93 bits per heavy atom. The molecular weight excluding hydrogens is 386 g/mol. The molecule has 3 aromatic rings. The first-order chi connectivity index (χ1) is 13.6. The number of alkyl halides is 2. The smallest absolute Gasteiger partial charge is 0.282 e. The van der Waals surface area contributed by atoms with Crippen molar-refractivity contribution in [3.05, 3.63) is 36.4 Å². The summed E-state index contributed by atoms with van der Waals surface area (Å²) in [5.74, 6) is 1.68. The number of halogens is 2. The van der Waals surface area contributed by atoms with Crippen LogP contribution in [-0.2, 0) is 4.74 Å². The van der Waals surface area contributed by atoms with Crippen LogP contribution in [0.3, 0.4) is 0 Å². The molecule has 148 valence electrons. The van der Waals surface area contributed by atoms with Gasteiger partial charge in [0.15, 0.2) is 5.65 Å². The first-order valence-corrected chi connectivity index (χ1v) is 10.3. The highest BCUT2D eigenvalue weighted by Gasteiger charge is 2.29. The van der Waals surface area contributed by atoms with Crippen molar-refractivity contribution in [2.24, 2.45) is 0 Å². The Balaban J connectivity index is 1.69. The summed E-state index contributed by atoms with van der Waals surface area (Å²) in [6.07, 6.45) is 2.59. The molecule has 1 aliphatic rings. The van der Waals surface area contributed by atoms with Gasteiger partial charge in [0, 0.05) is 18.4 Å². The molecule has 1 fully saturated rings. The number of hydrogen-bond donors (Lipinski definition) is 0. The summed E-state index contributed by atoms with van der Waals surface area (Å²) in [6, 6.07) is 4.81. The van der Waals surface area contributed by atoms with Crippen molar-refractivity contribution in [3.63, 3.8) is 0 Å². The summed E-state index contributed by atoms with van der Waals surface area (Å²) in [7, 11) is 0. The SMILES string of the molecule is CSCC1OCCN(c2cc(-c3cnc4ccc(C(F)F)nn34)ncn2)C1C. The maximum absolute atomic E-state index is 13.0. The van der Waals surface area contributed by atoms with Crippen LogP contribution in [0, 0.1) is 0 Å². The number of thioether (sulfide) groups is 1. The quantitative estimate of drug-likeness (QED) is 0.645. The van der Waals surface area contributed by atoms with E-state index in [1.165, 1.54) is 23.0 Å². The number of ether oxygens (including phenoxy) is 1. The average Bonchev–Trinajstić information content (AvgIpc) is 3.13. The highest BCUT2D eigenvalue weighted by atomic mass is 32.2. The summed E-state index contributed by atoms with van der Waals surface area (Å²) < 4.78 is 33.4. The highest BCUT2D eigenvalue weighted by molar-refractivity contribution is 7.98. The lowest BCUT2D eigenvalue weighted by molar-refractivity contribution is 0.0313. The molecule has 0 bridgehead atoms. The molecule has 0 radical (unpaired) electrons.